The molecule has 3 aromatic rings. The molecule has 4 saturated carbocycles. The molecule has 3 aromatic heterocycles. The van der Waals surface area contributed by atoms with Crippen LogP contribution in [0.2, 0.25) is 5.15 Å². The van der Waals surface area contributed by atoms with E-state index in [1.54, 1.807) is 6.07 Å². The van der Waals surface area contributed by atoms with Gasteiger partial charge < -0.3 is 15.4 Å². The van der Waals surface area contributed by atoms with E-state index in [2.05, 4.69) is 35.5 Å². The number of hydrogen-bond donors (Lipinski definition) is 3. The molecule has 0 radical (unpaired) electrons. The van der Waals surface area contributed by atoms with Crippen LogP contribution in [0, 0.1) is 5.92 Å². The molecule has 15 heteroatoms. The fraction of sp³-hybridized carbons (Fsp3) is 0.545. The highest BCUT2D eigenvalue weighted by Gasteiger charge is 2.58. The van der Waals surface area contributed by atoms with Crippen LogP contribution in [-0.2, 0) is 16.1 Å². The summed E-state index contributed by atoms with van der Waals surface area (Å²) >= 11 is 6.05. The maximum absolute atomic E-state index is 14.7. The zero-order valence-corrected chi connectivity index (χ0v) is 19.9. The van der Waals surface area contributed by atoms with Crippen LogP contribution >= 0.6 is 11.6 Å². The largest absolute Gasteiger partial charge is 0.522 e. The summed E-state index contributed by atoms with van der Waals surface area (Å²) in [5, 5.41) is 12.9. The van der Waals surface area contributed by atoms with E-state index in [1.165, 1.54) is 16.7 Å². The van der Waals surface area contributed by atoms with Gasteiger partial charge >= 0.3 is 12.5 Å². The lowest BCUT2D eigenvalue weighted by Crippen LogP contribution is -2.68. The molecule has 3 heterocycles. The van der Waals surface area contributed by atoms with E-state index in [1.807, 2.05) is 0 Å². The summed E-state index contributed by atoms with van der Waals surface area (Å²) in [5.41, 5.74) is 0.777. The van der Waals surface area contributed by atoms with Crippen LogP contribution in [0.15, 0.2) is 18.3 Å². The summed E-state index contributed by atoms with van der Waals surface area (Å²) in [7, 11) is 0. The number of aromatic nitrogens is 5. The number of amides is 1. The number of imidazole rings is 1. The van der Waals surface area contributed by atoms with Crippen molar-refractivity contribution in [1.29, 1.82) is 0 Å². The van der Waals surface area contributed by atoms with Gasteiger partial charge in [-0.15, -0.1) is 13.2 Å². The number of rotatable bonds is 7. The zero-order chi connectivity index (χ0) is 25.9. The minimum absolute atomic E-state index is 0.0243. The molecule has 10 nitrogen and oxygen atoms in total. The topological polar surface area (TPSA) is 118 Å². The van der Waals surface area contributed by atoms with Gasteiger partial charge in [-0.25, -0.2) is 19.2 Å². The highest BCUT2D eigenvalue weighted by molar-refractivity contribution is 6.29. The Labute approximate surface area is 212 Å². The van der Waals surface area contributed by atoms with Gasteiger partial charge in [0.25, 0.3) is 0 Å². The first-order chi connectivity index (χ1) is 17.5. The van der Waals surface area contributed by atoms with Crippen molar-refractivity contribution in [1.82, 2.24) is 29.9 Å². The monoisotopic (exact) mass is 543 g/mol. The van der Waals surface area contributed by atoms with Crippen molar-refractivity contribution in [2.75, 3.05) is 5.32 Å². The van der Waals surface area contributed by atoms with E-state index >= 15 is 0 Å². The zero-order valence-electron chi connectivity index (χ0n) is 19.2. The standard InChI is InChI=1S/C22H22ClF4N7O3/c23-16-4-18-28-12(9-36-22(25,26)27)8-34(18)19(29-16)30-17-3-14(32-33-17)11-1-13(24)15(2-11)37-20(35)31-21-5-10(6-21)7-21/h3-4,8,10-11,13,15H,1-2,5-7,9H2,(H,31,35)(H2,29,30,32,33)/t10?,11-,13+,15-,21?/m0/s1. The second kappa shape index (κ2) is 8.72. The Bertz CT molecular complexity index is 1330. The fourth-order valence-corrected chi connectivity index (χ4v) is 5.56. The Morgan fingerprint density at radius 2 is 2.03 bits per heavy atom. The molecule has 0 spiro atoms. The normalized spacial score (nSPS) is 28.6. The number of nitrogens with one attached hydrogen (secondary N) is 3. The van der Waals surface area contributed by atoms with Gasteiger partial charge in [-0.05, 0) is 38.0 Å². The minimum Gasteiger partial charge on any atom is -0.443 e. The van der Waals surface area contributed by atoms with E-state index in [9.17, 15) is 22.4 Å². The number of halogens is 5. The summed E-state index contributed by atoms with van der Waals surface area (Å²) in [6, 6.07) is 3.06. The average Bonchev–Trinajstić information content (AvgIpc) is 3.47. The summed E-state index contributed by atoms with van der Waals surface area (Å²) in [6.07, 6.45) is -2.82. The molecule has 3 N–H and O–H groups in total. The molecule has 0 aliphatic heterocycles. The van der Waals surface area contributed by atoms with Crippen LogP contribution in [0.3, 0.4) is 0 Å². The predicted octanol–water partition coefficient (Wildman–Crippen LogP) is 4.75. The summed E-state index contributed by atoms with van der Waals surface area (Å²) in [5.74, 6) is 0.935. The number of aromatic amines is 1. The molecule has 7 rings (SSSR count). The molecule has 4 fully saturated rings. The Morgan fingerprint density at radius 3 is 2.73 bits per heavy atom. The van der Waals surface area contributed by atoms with Gasteiger partial charge in [-0.1, -0.05) is 11.6 Å². The first kappa shape index (κ1) is 24.2. The van der Waals surface area contributed by atoms with Crippen molar-refractivity contribution in [2.45, 2.75) is 68.8 Å². The van der Waals surface area contributed by atoms with E-state index in [0.29, 0.717) is 23.9 Å². The molecule has 4 aliphatic rings. The van der Waals surface area contributed by atoms with Crippen molar-refractivity contribution in [3.8, 4) is 0 Å². The number of anilines is 2. The van der Waals surface area contributed by atoms with Crippen LogP contribution in [0.25, 0.3) is 5.65 Å². The molecular formula is C22H22ClF4N7O3. The predicted molar refractivity (Wildman–Crippen MR) is 121 cm³/mol. The van der Waals surface area contributed by atoms with Crippen LogP contribution in [0.5, 0.6) is 0 Å². The third-order valence-corrected chi connectivity index (χ3v) is 7.42. The number of fused-ring (bicyclic) bond motifs is 1. The van der Waals surface area contributed by atoms with Gasteiger partial charge in [-0.2, -0.15) is 5.10 Å². The number of carbonyl (C=O) groups excluding carboxylic acids is 1. The van der Waals surface area contributed by atoms with E-state index in [-0.39, 0.29) is 40.3 Å². The Balaban J connectivity index is 1.11. The quantitative estimate of drug-likeness (QED) is 0.291. The fourth-order valence-electron chi connectivity index (χ4n) is 5.39. The maximum atomic E-state index is 14.7. The number of alkyl carbamates (subject to hydrolysis) is 1. The third kappa shape index (κ3) is 4.91. The second-order valence-corrected chi connectivity index (χ2v) is 10.3. The number of hydrogen-bond acceptors (Lipinski definition) is 7. The molecule has 0 unspecified atom stereocenters. The SMILES string of the molecule is O=C(NC12CC(C1)C2)O[C@H]1C[C@@H](c2cc(Nc3nc(Cl)cc4nc(COC(F)(F)F)cn34)n[nH]2)C[C@H]1F. The Morgan fingerprint density at radius 1 is 1.24 bits per heavy atom. The third-order valence-electron chi connectivity index (χ3n) is 7.23. The van der Waals surface area contributed by atoms with Crippen molar-refractivity contribution < 1.29 is 31.8 Å². The Kier molecular flexibility index (Phi) is 5.71. The van der Waals surface area contributed by atoms with Crippen LogP contribution in [0.1, 0.15) is 49.4 Å². The lowest BCUT2D eigenvalue weighted by atomic mass is 9.50. The summed E-state index contributed by atoms with van der Waals surface area (Å²) in [6.45, 7) is -0.774. The molecule has 0 aromatic carbocycles. The van der Waals surface area contributed by atoms with Crippen molar-refractivity contribution in [3.63, 3.8) is 0 Å². The smallest absolute Gasteiger partial charge is 0.443 e. The maximum Gasteiger partial charge on any atom is 0.522 e. The molecule has 37 heavy (non-hydrogen) atoms. The number of nitrogens with zero attached hydrogens (tertiary/aromatic N) is 4. The highest BCUT2D eigenvalue weighted by atomic mass is 35.5. The molecule has 3 atom stereocenters. The minimum atomic E-state index is -4.79. The van der Waals surface area contributed by atoms with Gasteiger partial charge in [0.05, 0.1) is 12.3 Å². The molecule has 0 saturated heterocycles. The first-order valence-electron chi connectivity index (χ1n) is 11.7. The van der Waals surface area contributed by atoms with Gasteiger partial charge in [0.15, 0.2) is 5.82 Å². The second-order valence-electron chi connectivity index (χ2n) is 9.94. The number of H-pyrrole nitrogens is 1. The van der Waals surface area contributed by atoms with Crippen molar-refractivity contribution >= 4 is 35.1 Å². The van der Waals surface area contributed by atoms with Crippen LogP contribution in [-0.4, -0.2) is 54.8 Å². The van der Waals surface area contributed by atoms with Crippen molar-refractivity contribution in [3.05, 3.63) is 34.9 Å². The number of carbonyl (C=O) groups is 1. The first-order valence-corrected chi connectivity index (χ1v) is 12.1. The van der Waals surface area contributed by atoms with Gasteiger partial charge in [-0.3, -0.25) is 14.2 Å². The van der Waals surface area contributed by atoms with E-state index in [0.717, 1.165) is 19.3 Å². The lowest BCUT2D eigenvalue weighted by Gasteiger charge is -2.61. The van der Waals surface area contributed by atoms with Gasteiger partial charge in [0.1, 0.15) is 23.1 Å². The summed E-state index contributed by atoms with van der Waals surface area (Å²) < 4.78 is 62.5. The highest BCUT2D eigenvalue weighted by Crippen LogP contribution is 2.57. The molecule has 1 amide bonds. The Hall–Kier alpha value is -3.13. The molecule has 2 bridgehead atoms. The number of ether oxygens (including phenoxy) is 2. The van der Waals surface area contributed by atoms with Gasteiger partial charge in [0, 0.05) is 35.5 Å². The van der Waals surface area contributed by atoms with E-state index < -0.39 is 31.3 Å². The molecular weight excluding hydrogens is 522 g/mol. The van der Waals surface area contributed by atoms with Crippen molar-refractivity contribution in [2.24, 2.45) is 5.92 Å². The van der Waals surface area contributed by atoms with E-state index in [4.69, 9.17) is 16.3 Å². The van der Waals surface area contributed by atoms with Gasteiger partial charge in [0.2, 0.25) is 5.95 Å². The lowest BCUT2D eigenvalue weighted by molar-refractivity contribution is -0.330. The summed E-state index contributed by atoms with van der Waals surface area (Å²) in [4.78, 5) is 20.5. The van der Waals surface area contributed by atoms with Crippen LogP contribution < -0.4 is 10.6 Å². The van der Waals surface area contributed by atoms with Crippen LogP contribution in [0.4, 0.5) is 34.1 Å². The number of alkyl halides is 4. The molecule has 4 aliphatic carbocycles. The molecule has 198 valence electrons. The average molecular weight is 544 g/mol.